The van der Waals surface area contributed by atoms with Crippen LogP contribution < -0.4 is 0 Å². The molecule has 23 heavy (non-hydrogen) atoms. The summed E-state index contributed by atoms with van der Waals surface area (Å²) in [6, 6.07) is 4.56. The molecule has 0 saturated carbocycles. The van der Waals surface area contributed by atoms with Gasteiger partial charge in [-0.2, -0.15) is 4.21 Å². The Morgan fingerprint density at radius 3 is 2.57 bits per heavy atom. The van der Waals surface area contributed by atoms with E-state index in [2.05, 4.69) is 0 Å². The van der Waals surface area contributed by atoms with Crippen LogP contribution in [0.1, 0.15) is 49.0 Å². The monoisotopic (exact) mass is 360 g/mol. The Hall–Kier alpha value is -1.09. The molecular weight excluding hydrogens is 340 g/mol. The summed E-state index contributed by atoms with van der Waals surface area (Å²) in [6.07, 6.45) is 1.34. The molecule has 0 radical (unpaired) electrons. The van der Waals surface area contributed by atoms with Gasteiger partial charge in [0.15, 0.2) is 0 Å². The van der Waals surface area contributed by atoms with Crippen LogP contribution >= 0.6 is 0 Å². The van der Waals surface area contributed by atoms with Gasteiger partial charge in [0.1, 0.15) is 0 Å². The zero-order chi connectivity index (χ0) is 17.3. The molecule has 0 saturated heterocycles. The number of hydrogen-bond acceptors (Lipinski definition) is 6. The van der Waals surface area contributed by atoms with Gasteiger partial charge in [-0.1, -0.05) is 26.3 Å². The van der Waals surface area contributed by atoms with Crippen molar-refractivity contribution in [1.82, 2.24) is 0 Å². The van der Waals surface area contributed by atoms with Crippen molar-refractivity contribution in [3.05, 3.63) is 29.3 Å². The van der Waals surface area contributed by atoms with Gasteiger partial charge in [-0.15, -0.1) is 0 Å². The third-order valence-electron chi connectivity index (χ3n) is 3.80. The molecule has 0 N–H and O–H groups in total. The molecule has 0 aromatic heterocycles. The van der Waals surface area contributed by atoms with Crippen molar-refractivity contribution in [1.29, 1.82) is 0 Å². The fraction of sp³-hybridized carbons (Fsp3) is 0.533. The number of ketones is 1. The molecule has 1 aliphatic rings. The molecule has 0 aliphatic carbocycles. The van der Waals surface area contributed by atoms with E-state index in [4.69, 9.17) is 8.37 Å². The first-order chi connectivity index (χ1) is 10.8. The third kappa shape index (κ3) is 3.00. The number of benzene rings is 1. The first kappa shape index (κ1) is 18.3. The van der Waals surface area contributed by atoms with E-state index in [0.29, 0.717) is 12.0 Å². The van der Waals surface area contributed by atoms with Gasteiger partial charge in [0.05, 0.1) is 11.5 Å². The first-order valence-electron chi connectivity index (χ1n) is 7.44. The Morgan fingerprint density at radius 2 is 1.96 bits per heavy atom. The molecule has 2 rings (SSSR count). The van der Waals surface area contributed by atoms with Crippen molar-refractivity contribution >= 4 is 27.0 Å². The SMILES string of the molecule is CCCCOS(=O)OC1(CC)C(=O)c2ccc(C)cc2S1(=O)=O. The van der Waals surface area contributed by atoms with Crippen molar-refractivity contribution in [3.8, 4) is 0 Å². The highest BCUT2D eigenvalue weighted by Gasteiger charge is 2.60. The molecule has 8 heteroatoms. The third-order valence-corrected chi connectivity index (χ3v) is 7.02. The van der Waals surface area contributed by atoms with Crippen LogP contribution in [-0.4, -0.2) is 29.9 Å². The van der Waals surface area contributed by atoms with Crippen LogP contribution in [0.4, 0.5) is 0 Å². The molecule has 2 atom stereocenters. The number of unbranched alkanes of at least 4 members (excludes halogenated alkanes) is 1. The molecule has 1 aromatic rings. The molecule has 0 spiro atoms. The van der Waals surface area contributed by atoms with Gasteiger partial charge in [-0.25, -0.2) is 12.6 Å². The van der Waals surface area contributed by atoms with E-state index in [1.54, 1.807) is 13.0 Å². The number of hydrogen-bond donors (Lipinski definition) is 0. The summed E-state index contributed by atoms with van der Waals surface area (Å²) in [5, 5.41) is 0. The van der Waals surface area contributed by atoms with Crippen LogP contribution in [0.25, 0.3) is 0 Å². The molecule has 1 heterocycles. The van der Waals surface area contributed by atoms with Crippen molar-refractivity contribution in [2.45, 2.75) is 49.9 Å². The second-order valence-corrected chi connectivity index (χ2v) is 8.32. The standard InChI is InChI=1S/C15H20O6S2/c1-4-6-9-20-22(17)21-15(5-2)14(16)12-8-7-11(3)10-13(12)23(15,18)19/h7-8,10H,4-6,9H2,1-3H3. The van der Waals surface area contributed by atoms with E-state index in [0.717, 1.165) is 6.42 Å². The van der Waals surface area contributed by atoms with E-state index < -0.39 is 31.9 Å². The van der Waals surface area contributed by atoms with Gasteiger partial charge in [-0.3, -0.25) is 8.98 Å². The van der Waals surface area contributed by atoms with Crippen LogP contribution in [0.3, 0.4) is 0 Å². The summed E-state index contributed by atoms with van der Waals surface area (Å²) in [5.41, 5.74) is 0.787. The second-order valence-electron chi connectivity index (χ2n) is 5.40. The van der Waals surface area contributed by atoms with Crippen LogP contribution in [-0.2, 0) is 29.6 Å². The number of aryl methyl sites for hydroxylation is 1. The highest BCUT2D eigenvalue weighted by atomic mass is 32.2. The molecule has 1 aromatic carbocycles. The van der Waals surface area contributed by atoms with E-state index in [9.17, 15) is 17.4 Å². The summed E-state index contributed by atoms with van der Waals surface area (Å²) in [6.45, 7) is 5.35. The van der Waals surface area contributed by atoms with Crippen molar-refractivity contribution < 1.29 is 25.8 Å². The predicted octanol–water partition coefficient (Wildman–Crippen LogP) is 2.48. The lowest BCUT2D eigenvalue weighted by Gasteiger charge is -2.23. The van der Waals surface area contributed by atoms with Crippen molar-refractivity contribution in [2.75, 3.05) is 6.61 Å². The topological polar surface area (TPSA) is 86.7 Å². The van der Waals surface area contributed by atoms with Crippen LogP contribution in [0.5, 0.6) is 0 Å². The normalized spacial score (nSPS) is 23.7. The zero-order valence-corrected chi connectivity index (χ0v) is 15.0. The molecular formula is C15H20O6S2. The highest BCUT2D eigenvalue weighted by Crippen LogP contribution is 2.43. The Morgan fingerprint density at radius 1 is 1.26 bits per heavy atom. The summed E-state index contributed by atoms with van der Waals surface area (Å²) in [4.78, 5) is 10.4. The second kappa shape index (κ2) is 6.80. The minimum absolute atomic E-state index is 0.0722. The lowest BCUT2D eigenvalue weighted by Crippen LogP contribution is -2.44. The summed E-state index contributed by atoms with van der Waals surface area (Å²) in [5.74, 6) is -0.692. The van der Waals surface area contributed by atoms with Gasteiger partial charge in [0.2, 0.25) is 15.6 Å². The highest BCUT2D eigenvalue weighted by molar-refractivity contribution is 7.94. The lowest BCUT2D eigenvalue weighted by molar-refractivity contribution is 0.0702. The zero-order valence-electron chi connectivity index (χ0n) is 13.3. The number of carbonyl (C=O) groups is 1. The lowest BCUT2D eigenvalue weighted by atomic mass is 10.0. The van der Waals surface area contributed by atoms with Crippen LogP contribution in [0.2, 0.25) is 0 Å². The van der Waals surface area contributed by atoms with Crippen molar-refractivity contribution in [2.24, 2.45) is 0 Å². The van der Waals surface area contributed by atoms with E-state index in [1.807, 2.05) is 6.92 Å². The first-order valence-corrected chi connectivity index (χ1v) is 9.93. The number of fused-ring (bicyclic) bond motifs is 1. The Kier molecular flexibility index (Phi) is 5.40. The molecule has 0 fully saturated rings. The largest absolute Gasteiger partial charge is 0.306 e. The van der Waals surface area contributed by atoms with E-state index in [1.165, 1.54) is 19.1 Å². The quantitative estimate of drug-likeness (QED) is 0.694. The molecule has 6 nitrogen and oxygen atoms in total. The maximum atomic E-state index is 12.8. The van der Waals surface area contributed by atoms with Gasteiger partial charge in [0.25, 0.3) is 4.93 Å². The summed E-state index contributed by atoms with van der Waals surface area (Å²) < 4.78 is 47.7. The fourth-order valence-electron chi connectivity index (χ4n) is 2.44. The average Bonchev–Trinajstić information content (AvgIpc) is 2.66. The van der Waals surface area contributed by atoms with Crippen LogP contribution in [0.15, 0.2) is 23.1 Å². The maximum Gasteiger partial charge on any atom is 0.306 e. The Labute approximate surface area is 139 Å². The van der Waals surface area contributed by atoms with Gasteiger partial charge >= 0.3 is 11.4 Å². The predicted molar refractivity (Wildman–Crippen MR) is 85.8 cm³/mol. The van der Waals surface area contributed by atoms with Gasteiger partial charge < -0.3 is 0 Å². The minimum atomic E-state index is -4.10. The van der Waals surface area contributed by atoms with Crippen LogP contribution in [0, 0.1) is 6.92 Å². The molecule has 128 valence electrons. The molecule has 2 unspecified atom stereocenters. The molecule has 0 amide bonds. The smallest absolute Gasteiger partial charge is 0.290 e. The number of rotatable bonds is 7. The molecule has 0 bridgehead atoms. The number of carbonyl (C=O) groups excluding carboxylic acids is 1. The Balaban J connectivity index is 2.39. The summed E-state index contributed by atoms with van der Waals surface area (Å²) >= 11 is -2.31. The Bertz CT molecular complexity index is 740. The maximum absolute atomic E-state index is 12.8. The number of Topliss-reactive ketones (excluding diaryl/α,β-unsaturated/α-hetero) is 1. The fourth-order valence-corrected chi connectivity index (χ4v) is 5.56. The summed E-state index contributed by atoms with van der Waals surface area (Å²) in [7, 11) is -4.10. The van der Waals surface area contributed by atoms with E-state index in [-0.39, 0.29) is 23.5 Å². The number of sulfone groups is 1. The average molecular weight is 360 g/mol. The molecule has 1 aliphatic heterocycles. The van der Waals surface area contributed by atoms with E-state index >= 15 is 0 Å². The van der Waals surface area contributed by atoms with Gasteiger partial charge in [0, 0.05) is 5.56 Å². The van der Waals surface area contributed by atoms with Gasteiger partial charge in [-0.05, 0) is 37.5 Å². The van der Waals surface area contributed by atoms with Crippen molar-refractivity contribution in [3.63, 3.8) is 0 Å². The minimum Gasteiger partial charge on any atom is -0.290 e.